The zero-order valence-corrected chi connectivity index (χ0v) is 11.3. The van der Waals surface area contributed by atoms with E-state index in [4.69, 9.17) is 11.6 Å². The van der Waals surface area contributed by atoms with Crippen LogP contribution in [0.4, 0.5) is 0 Å². The second kappa shape index (κ2) is 5.36. The molecule has 0 N–H and O–H groups in total. The van der Waals surface area contributed by atoms with E-state index in [-0.39, 0.29) is 5.78 Å². The number of halogens is 1. The molecule has 0 bridgehead atoms. The number of hydrogen-bond donors (Lipinski definition) is 0. The van der Waals surface area contributed by atoms with E-state index in [1.807, 2.05) is 37.3 Å². The number of benzene rings is 2. The van der Waals surface area contributed by atoms with Crippen LogP contribution in [0.1, 0.15) is 34.0 Å². The highest BCUT2D eigenvalue weighted by Crippen LogP contribution is 2.19. The fourth-order valence-electron chi connectivity index (χ4n) is 1.89. The summed E-state index contributed by atoms with van der Waals surface area (Å²) in [5, 5.41) is 0.689. The summed E-state index contributed by atoms with van der Waals surface area (Å²) in [4.78, 5) is 12.3. The molecule has 2 aromatic carbocycles. The van der Waals surface area contributed by atoms with E-state index in [1.54, 1.807) is 12.1 Å². The third-order valence-corrected chi connectivity index (χ3v) is 3.44. The van der Waals surface area contributed by atoms with Gasteiger partial charge in [-0.15, -0.1) is 0 Å². The predicted octanol–water partition coefficient (Wildman–Crippen LogP) is 4.44. The van der Waals surface area contributed by atoms with Crippen LogP contribution in [0.15, 0.2) is 42.5 Å². The Balaban J connectivity index is 2.38. The summed E-state index contributed by atoms with van der Waals surface area (Å²) in [6, 6.07) is 13.1. The molecular weight excluding hydrogens is 244 g/mol. The lowest BCUT2D eigenvalue weighted by molar-refractivity contribution is 0.103. The van der Waals surface area contributed by atoms with E-state index >= 15 is 0 Å². The smallest absolute Gasteiger partial charge is 0.193 e. The molecule has 92 valence electrons. The molecular formula is C16H15ClO. The lowest BCUT2D eigenvalue weighted by Gasteiger charge is -2.05. The summed E-state index contributed by atoms with van der Waals surface area (Å²) in [5.41, 5.74) is 3.52. The monoisotopic (exact) mass is 258 g/mol. The minimum absolute atomic E-state index is 0.0464. The van der Waals surface area contributed by atoms with Crippen molar-refractivity contribution in [3.8, 4) is 0 Å². The number of carbonyl (C=O) groups is 1. The van der Waals surface area contributed by atoms with Crippen LogP contribution in [-0.4, -0.2) is 5.78 Å². The minimum atomic E-state index is 0.0464. The van der Waals surface area contributed by atoms with E-state index in [1.165, 1.54) is 5.56 Å². The maximum atomic E-state index is 12.3. The molecule has 0 atom stereocenters. The van der Waals surface area contributed by atoms with Crippen LogP contribution in [0.25, 0.3) is 0 Å². The minimum Gasteiger partial charge on any atom is -0.289 e. The standard InChI is InChI=1S/C16H15ClO/c1-3-12-5-4-6-13(10-12)16(18)14-7-8-15(17)11(2)9-14/h4-10H,3H2,1-2H3. The molecule has 2 aromatic rings. The molecule has 1 nitrogen and oxygen atoms in total. The molecule has 2 rings (SSSR count). The Labute approximate surface area is 112 Å². The third-order valence-electron chi connectivity index (χ3n) is 3.02. The van der Waals surface area contributed by atoms with Crippen molar-refractivity contribution in [3.63, 3.8) is 0 Å². The Morgan fingerprint density at radius 3 is 2.50 bits per heavy atom. The molecule has 0 aliphatic heterocycles. The van der Waals surface area contributed by atoms with Gasteiger partial charge in [0.1, 0.15) is 0 Å². The first-order valence-electron chi connectivity index (χ1n) is 6.01. The molecule has 0 heterocycles. The van der Waals surface area contributed by atoms with E-state index in [0.29, 0.717) is 10.6 Å². The van der Waals surface area contributed by atoms with Crippen LogP contribution >= 0.6 is 11.6 Å². The zero-order chi connectivity index (χ0) is 13.1. The summed E-state index contributed by atoms with van der Waals surface area (Å²) >= 11 is 5.97. The number of hydrogen-bond acceptors (Lipinski definition) is 1. The molecule has 0 amide bonds. The SMILES string of the molecule is CCc1cccc(C(=O)c2ccc(Cl)c(C)c2)c1. The first-order chi connectivity index (χ1) is 8.61. The van der Waals surface area contributed by atoms with Gasteiger partial charge in [-0.1, -0.05) is 36.7 Å². The first-order valence-corrected chi connectivity index (χ1v) is 6.39. The predicted molar refractivity (Wildman–Crippen MR) is 75.4 cm³/mol. The summed E-state index contributed by atoms with van der Waals surface area (Å²) in [6.45, 7) is 3.98. The van der Waals surface area contributed by atoms with Crippen LogP contribution in [0.2, 0.25) is 5.02 Å². The van der Waals surface area contributed by atoms with Gasteiger partial charge in [0.15, 0.2) is 5.78 Å². The number of carbonyl (C=O) groups excluding carboxylic acids is 1. The van der Waals surface area contributed by atoms with Crippen LogP contribution < -0.4 is 0 Å². The molecule has 0 fully saturated rings. The second-order valence-electron chi connectivity index (χ2n) is 4.35. The fourth-order valence-corrected chi connectivity index (χ4v) is 2.00. The van der Waals surface area contributed by atoms with Crippen molar-refractivity contribution in [3.05, 3.63) is 69.7 Å². The largest absolute Gasteiger partial charge is 0.289 e. The van der Waals surface area contributed by atoms with E-state index in [0.717, 1.165) is 17.5 Å². The average Bonchev–Trinajstić information content (AvgIpc) is 2.41. The molecule has 18 heavy (non-hydrogen) atoms. The van der Waals surface area contributed by atoms with Gasteiger partial charge in [-0.05, 0) is 48.7 Å². The van der Waals surface area contributed by atoms with E-state index < -0.39 is 0 Å². The highest BCUT2D eigenvalue weighted by atomic mass is 35.5. The summed E-state index contributed by atoms with van der Waals surface area (Å²) in [6.07, 6.45) is 0.931. The van der Waals surface area contributed by atoms with Gasteiger partial charge in [-0.2, -0.15) is 0 Å². The molecule has 0 saturated carbocycles. The fraction of sp³-hybridized carbons (Fsp3) is 0.188. The van der Waals surface area contributed by atoms with Crippen LogP contribution in [-0.2, 0) is 6.42 Å². The van der Waals surface area contributed by atoms with Crippen molar-refractivity contribution in [2.24, 2.45) is 0 Å². The van der Waals surface area contributed by atoms with Gasteiger partial charge >= 0.3 is 0 Å². The van der Waals surface area contributed by atoms with Crippen molar-refractivity contribution < 1.29 is 4.79 Å². The highest BCUT2D eigenvalue weighted by molar-refractivity contribution is 6.31. The van der Waals surface area contributed by atoms with Crippen LogP contribution in [0, 0.1) is 6.92 Å². The summed E-state index contributed by atoms with van der Waals surface area (Å²) in [5.74, 6) is 0.0464. The van der Waals surface area contributed by atoms with Crippen molar-refractivity contribution >= 4 is 17.4 Å². The molecule has 0 aliphatic carbocycles. The van der Waals surface area contributed by atoms with Crippen molar-refractivity contribution in [1.29, 1.82) is 0 Å². The van der Waals surface area contributed by atoms with Crippen LogP contribution in [0.5, 0.6) is 0 Å². The molecule has 2 heteroatoms. The Hall–Kier alpha value is -1.60. The van der Waals surface area contributed by atoms with E-state index in [2.05, 4.69) is 6.92 Å². The summed E-state index contributed by atoms with van der Waals surface area (Å²) in [7, 11) is 0. The first kappa shape index (κ1) is 12.8. The molecule has 0 radical (unpaired) electrons. The van der Waals surface area contributed by atoms with E-state index in [9.17, 15) is 4.79 Å². The zero-order valence-electron chi connectivity index (χ0n) is 10.5. The number of ketones is 1. The Kier molecular flexibility index (Phi) is 3.83. The average molecular weight is 259 g/mol. The highest BCUT2D eigenvalue weighted by Gasteiger charge is 2.10. The van der Waals surface area contributed by atoms with Crippen molar-refractivity contribution in [1.82, 2.24) is 0 Å². The van der Waals surface area contributed by atoms with Gasteiger partial charge in [-0.25, -0.2) is 0 Å². The van der Waals surface area contributed by atoms with Gasteiger partial charge in [0.05, 0.1) is 0 Å². The lowest BCUT2D eigenvalue weighted by atomic mass is 9.99. The Bertz CT molecular complexity index is 587. The molecule has 0 saturated heterocycles. The number of rotatable bonds is 3. The molecule has 0 spiro atoms. The third kappa shape index (κ3) is 2.62. The second-order valence-corrected chi connectivity index (χ2v) is 4.75. The normalized spacial score (nSPS) is 10.4. The topological polar surface area (TPSA) is 17.1 Å². The molecule has 0 unspecified atom stereocenters. The summed E-state index contributed by atoms with van der Waals surface area (Å²) < 4.78 is 0. The molecule has 0 aliphatic rings. The Morgan fingerprint density at radius 1 is 1.11 bits per heavy atom. The lowest BCUT2D eigenvalue weighted by Crippen LogP contribution is -2.02. The van der Waals surface area contributed by atoms with Gasteiger partial charge in [0, 0.05) is 16.1 Å². The maximum Gasteiger partial charge on any atom is 0.193 e. The van der Waals surface area contributed by atoms with Crippen molar-refractivity contribution in [2.75, 3.05) is 0 Å². The Morgan fingerprint density at radius 2 is 1.83 bits per heavy atom. The maximum absolute atomic E-state index is 12.3. The number of aryl methyl sites for hydroxylation is 2. The quantitative estimate of drug-likeness (QED) is 0.744. The molecule has 0 aromatic heterocycles. The van der Waals surface area contributed by atoms with Crippen molar-refractivity contribution in [2.45, 2.75) is 20.3 Å². The van der Waals surface area contributed by atoms with Gasteiger partial charge < -0.3 is 0 Å². The van der Waals surface area contributed by atoms with Crippen LogP contribution in [0.3, 0.4) is 0 Å². The van der Waals surface area contributed by atoms with Gasteiger partial charge in [-0.3, -0.25) is 4.79 Å². The van der Waals surface area contributed by atoms with Gasteiger partial charge in [0.25, 0.3) is 0 Å². The van der Waals surface area contributed by atoms with Gasteiger partial charge in [0.2, 0.25) is 0 Å².